The van der Waals surface area contributed by atoms with Gasteiger partial charge in [-0.15, -0.1) is 11.3 Å². The minimum absolute atomic E-state index is 0.0227. The summed E-state index contributed by atoms with van der Waals surface area (Å²) in [5, 5.41) is 5.29. The third-order valence-corrected chi connectivity index (χ3v) is 3.67. The van der Waals surface area contributed by atoms with E-state index in [4.69, 9.17) is 4.74 Å². The summed E-state index contributed by atoms with van der Waals surface area (Å²) in [6, 6.07) is 1.90. The van der Waals surface area contributed by atoms with Crippen molar-refractivity contribution in [2.45, 2.75) is 32.9 Å². The molecule has 0 unspecified atom stereocenters. The van der Waals surface area contributed by atoms with Gasteiger partial charge in [0.25, 0.3) is 0 Å². The Labute approximate surface area is 122 Å². The summed E-state index contributed by atoms with van der Waals surface area (Å²) >= 11 is 1.37. The Morgan fingerprint density at radius 3 is 2.90 bits per heavy atom. The number of carbonyl (C=O) groups is 1. The number of imidazole rings is 1. The predicted molar refractivity (Wildman–Crippen MR) is 79.4 cm³/mol. The molecule has 5 nitrogen and oxygen atoms in total. The van der Waals surface area contributed by atoms with Gasteiger partial charge in [0, 0.05) is 18.3 Å². The molecule has 108 valence electrons. The van der Waals surface area contributed by atoms with Crippen LogP contribution in [0.2, 0.25) is 0 Å². The molecule has 6 heteroatoms. The van der Waals surface area contributed by atoms with E-state index in [2.05, 4.69) is 31.1 Å². The largest absolute Gasteiger partial charge is 0.465 e. The topological polar surface area (TPSA) is 56.2 Å². The number of aromatic nitrogens is 2. The van der Waals surface area contributed by atoms with Crippen molar-refractivity contribution in [2.24, 2.45) is 0 Å². The van der Waals surface area contributed by atoms with Crippen molar-refractivity contribution < 1.29 is 9.53 Å². The Kier molecular flexibility index (Phi) is 4.25. The summed E-state index contributed by atoms with van der Waals surface area (Å²) in [7, 11) is 1.39. The average Bonchev–Trinajstić information content (AvgIpc) is 3.02. The molecule has 0 saturated carbocycles. The van der Waals surface area contributed by atoms with Crippen LogP contribution in [0.4, 0.5) is 0 Å². The first kappa shape index (κ1) is 14.7. The van der Waals surface area contributed by atoms with Gasteiger partial charge in [-0.1, -0.05) is 0 Å². The standard InChI is InChI=1S/C14H19N3O2S/c1-14(2,3)16-8-10-7-15-9-17(10)11-5-6-20-12(11)13(18)19-4/h5-7,9,16H,8H2,1-4H3. The number of carbonyl (C=O) groups excluding carboxylic acids is 1. The van der Waals surface area contributed by atoms with Crippen LogP contribution in [0.1, 0.15) is 36.1 Å². The van der Waals surface area contributed by atoms with Gasteiger partial charge in [0.15, 0.2) is 0 Å². The van der Waals surface area contributed by atoms with Gasteiger partial charge in [0.05, 0.1) is 24.8 Å². The monoisotopic (exact) mass is 293 g/mol. The molecule has 0 bridgehead atoms. The fourth-order valence-corrected chi connectivity index (χ4v) is 2.56. The minimum Gasteiger partial charge on any atom is -0.465 e. The van der Waals surface area contributed by atoms with E-state index in [1.165, 1.54) is 18.4 Å². The first-order chi connectivity index (χ1) is 9.42. The zero-order valence-electron chi connectivity index (χ0n) is 12.1. The Bertz CT molecular complexity index is 596. The van der Waals surface area contributed by atoms with E-state index in [9.17, 15) is 4.79 Å². The fraction of sp³-hybridized carbons (Fsp3) is 0.429. The average molecular weight is 293 g/mol. The Hall–Kier alpha value is -1.66. The highest BCUT2D eigenvalue weighted by Crippen LogP contribution is 2.23. The summed E-state index contributed by atoms with van der Waals surface area (Å²) in [4.78, 5) is 16.5. The molecule has 0 saturated heterocycles. The lowest BCUT2D eigenvalue weighted by molar-refractivity contribution is 0.0606. The smallest absolute Gasteiger partial charge is 0.350 e. The molecule has 0 aliphatic heterocycles. The summed E-state index contributed by atoms with van der Waals surface area (Å²) in [6.45, 7) is 7.01. The normalized spacial score (nSPS) is 11.6. The third-order valence-electron chi connectivity index (χ3n) is 2.79. The number of ether oxygens (including phenoxy) is 1. The van der Waals surface area contributed by atoms with Crippen LogP contribution in [0.15, 0.2) is 24.0 Å². The van der Waals surface area contributed by atoms with Gasteiger partial charge >= 0.3 is 5.97 Å². The number of thiophene rings is 1. The zero-order valence-corrected chi connectivity index (χ0v) is 13.0. The van der Waals surface area contributed by atoms with Crippen molar-refractivity contribution in [3.63, 3.8) is 0 Å². The van der Waals surface area contributed by atoms with E-state index in [0.717, 1.165) is 11.4 Å². The van der Waals surface area contributed by atoms with Gasteiger partial charge in [-0.2, -0.15) is 0 Å². The molecule has 0 amide bonds. The summed E-state index contributed by atoms with van der Waals surface area (Å²) in [5.74, 6) is -0.321. The second-order valence-corrected chi connectivity index (χ2v) is 6.40. The van der Waals surface area contributed by atoms with Gasteiger partial charge < -0.3 is 14.6 Å². The number of nitrogens with one attached hydrogen (secondary N) is 1. The van der Waals surface area contributed by atoms with Crippen LogP contribution in [0, 0.1) is 0 Å². The minimum atomic E-state index is -0.321. The lowest BCUT2D eigenvalue weighted by Crippen LogP contribution is -2.35. The molecular formula is C14H19N3O2S. The molecule has 20 heavy (non-hydrogen) atoms. The predicted octanol–water partition coefficient (Wildman–Crippen LogP) is 2.61. The van der Waals surface area contributed by atoms with E-state index in [1.807, 2.05) is 16.0 Å². The van der Waals surface area contributed by atoms with Crippen LogP contribution in [0.3, 0.4) is 0 Å². The SMILES string of the molecule is COC(=O)c1sccc1-n1cncc1CNC(C)(C)C. The lowest BCUT2D eigenvalue weighted by Gasteiger charge is -2.20. The molecular weight excluding hydrogens is 274 g/mol. The molecule has 2 rings (SSSR count). The maximum Gasteiger partial charge on any atom is 0.350 e. The molecule has 1 N–H and O–H groups in total. The van der Waals surface area contributed by atoms with Crippen molar-refractivity contribution in [3.8, 4) is 5.69 Å². The maximum absolute atomic E-state index is 11.8. The molecule has 0 aliphatic rings. The second-order valence-electron chi connectivity index (χ2n) is 5.49. The number of hydrogen-bond donors (Lipinski definition) is 1. The number of methoxy groups -OCH3 is 1. The lowest BCUT2D eigenvalue weighted by atomic mass is 10.1. The molecule has 2 heterocycles. The molecule has 0 aromatic carbocycles. The number of hydrogen-bond acceptors (Lipinski definition) is 5. The summed E-state index contributed by atoms with van der Waals surface area (Å²) in [5.41, 5.74) is 1.84. The van der Waals surface area contributed by atoms with Gasteiger partial charge in [-0.3, -0.25) is 0 Å². The van der Waals surface area contributed by atoms with E-state index in [0.29, 0.717) is 11.4 Å². The van der Waals surface area contributed by atoms with Gasteiger partial charge in [0.2, 0.25) is 0 Å². The second kappa shape index (κ2) is 5.76. The number of rotatable bonds is 4. The highest BCUT2D eigenvalue weighted by Gasteiger charge is 2.17. The molecule has 0 aliphatic carbocycles. The van der Waals surface area contributed by atoms with E-state index in [-0.39, 0.29) is 11.5 Å². The van der Waals surface area contributed by atoms with E-state index < -0.39 is 0 Å². The molecule has 0 spiro atoms. The van der Waals surface area contributed by atoms with Crippen molar-refractivity contribution >= 4 is 17.3 Å². The highest BCUT2D eigenvalue weighted by molar-refractivity contribution is 7.12. The Morgan fingerprint density at radius 1 is 1.50 bits per heavy atom. The van der Waals surface area contributed by atoms with E-state index >= 15 is 0 Å². The Balaban J connectivity index is 2.29. The first-order valence-electron chi connectivity index (χ1n) is 6.35. The van der Waals surface area contributed by atoms with Crippen LogP contribution in [0.25, 0.3) is 5.69 Å². The van der Waals surface area contributed by atoms with Crippen LogP contribution >= 0.6 is 11.3 Å². The molecule has 0 atom stereocenters. The highest BCUT2D eigenvalue weighted by atomic mass is 32.1. The molecule has 0 fully saturated rings. The van der Waals surface area contributed by atoms with Gasteiger partial charge in [-0.05, 0) is 32.2 Å². The fourth-order valence-electron chi connectivity index (χ4n) is 1.76. The van der Waals surface area contributed by atoms with Gasteiger partial charge in [-0.25, -0.2) is 9.78 Å². The van der Waals surface area contributed by atoms with Crippen LogP contribution in [0.5, 0.6) is 0 Å². The zero-order chi connectivity index (χ0) is 14.8. The van der Waals surface area contributed by atoms with Crippen molar-refractivity contribution in [2.75, 3.05) is 7.11 Å². The van der Waals surface area contributed by atoms with Crippen molar-refractivity contribution in [3.05, 3.63) is 34.5 Å². The van der Waals surface area contributed by atoms with Crippen LogP contribution in [-0.4, -0.2) is 28.2 Å². The molecule has 2 aromatic heterocycles. The number of nitrogens with zero attached hydrogens (tertiary/aromatic N) is 2. The number of esters is 1. The summed E-state index contributed by atoms with van der Waals surface area (Å²) < 4.78 is 6.73. The van der Waals surface area contributed by atoms with E-state index in [1.54, 1.807) is 12.5 Å². The Morgan fingerprint density at radius 2 is 2.25 bits per heavy atom. The van der Waals surface area contributed by atoms with Crippen LogP contribution in [-0.2, 0) is 11.3 Å². The third kappa shape index (κ3) is 3.26. The first-order valence-corrected chi connectivity index (χ1v) is 7.23. The molecule has 2 aromatic rings. The molecule has 0 radical (unpaired) electrons. The summed E-state index contributed by atoms with van der Waals surface area (Å²) in [6.07, 6.45) is 3.52. The maximum atomic E-state index is 11.8. The van der Waals surface area contributed by atoms with Gasteiger partial charge in [0.1, 0.15) is 4.88 Å². The van der Waals surface area contributed by atoms with Crippen molar-refractivity contribution in [1.82, 2.24) is 14.9 Å². The quantitative estimate of drug-likeness (QED) is 0.880. The van der Waals surface area contributed by atoms with Crippen molar-refractivity contribution in [1.29, 1.82) is 0 Å². The van der Waals surface area contributed by atoms with Crippen LogP contribution < -0.4 is 5.32 Å².